The van der Waals surface area contributed by atoms with Crippen LogP contribution in [0.15, 0.2) is 0 Å². The Bertz CT molecular complexity index is 25.2. The van der Waals surface area contributed by atoms with E-state index in [9.17, 15) is 0 Å². The van der Waals surface area contributed by atoms with E-state index in [2.05, 4.69) is 9.78 Å². The summed E-state index contributed by atoms with van der Waals surface area (Å²) in [4.78, 5) is 9.14. The molecule has 0 aromatic heterocycles. The molecule has 0 unspecified atom stereocenters. The Labute approximate surface area is 53.5 Å². The first-order valence-corrected chi connectivity index (χ1v) is 2.24. The molecule has 1 aliphatic heterocycles. The van der Waals surface area contributed by atoms with Gasteiger partial charge < -0.3 is 0 Å². The first-order chi connectivity index (χ1) is 3.00. The second-order valence-electron chi connectivity index (χ2n) is 1.35. The first kappa shape index (κ1) is 7.40. The van der Waals surface area contributed by atoms with Gasteiger partial charge in [0, 0.05) is 0 Å². The van der Waals surface area contributed by atoms with Crippen LogP contribution < -0.4 is 0 Å². The maximum absolute atomic E-state index is 4.57. The lowest BCUT2D eigenvalue weighted by Crippen LogP contribution is -2.05. The van der Waals surface area contributed by atoms with Crippen LogP contribution in [0.5, 0.6) is 0 Å². The second-order valence-corrected chi connectivity index (χ2v) is 1.35. The summed E-state index contributed by atoms with van der Waals surface area (Å²) in [5, 5.41) is 0. The normalized spacial score (nSPS) is 20.6. The SMILES string of the molecule is Br.C1CCOOC1. The molecule has 2 nitrogen and oxygen atoms in total. The molecule has 3 heteroatoms. The Hall–Kier alpha value is 0.400. The van der Waals surface area contributed by atoms with E-state index < -0.39 is 0 Å². The molecule has 0 N–H and O–H groups in total. The van der Waals surface area contributed by atoms with Crippen LogP contribution in [0.4, 0.5) is 0 Å². The Morgan fingerprint density at radius 2 is 1.29 bits per heavy atom. The standard InChI is InChI=1S/C4H8O2.BrH/c1-2-4-6-5-3-1;/h1-4H2;1H. The summed E-state index contributed by atoms with van der Waals surface area (Å²) < 4.78 is 0. The highest BCUT2D eigenvalue weighted by atomic mass is 79.9. The van der Waals surface area contributed by atoms with Crippen LogP contribution in [0.3, 0.4) is 0 Å². The molecular weight excluding hydrogens is 160 g/mol. The Balaban J connectivity index is 0.000000360. The molecule has 0 bridgehead atoms. The molecule has 0 atom stereocenters. The third kappa shape index (κ3) is 3.02. The van der Waals surface area contributed by atoms with Gasteiger partial charge in [0.1, 0.15) is 0 Å². The molecule has 0 aromatic rings. The van der Waals surface area contributed by atoms with Crippen molar-refractivity contribution in [1.82, 2.24) is 0 Å². The second kappa shape index (κ2) is 4.56. The molecule has 44 valence electrons. The molecule has 0 radical (unpaired) electrons. The third-order valence-electron chi connectivity index (χ3n) is 0.789. The van der Waals surface area contributed by atoms with Crippen LogP contribution in [-0.4, -0.2) is 13.2 Å². The van der Waals surface area contributed by atoms with Crippen LogP contribution in [0.2, 0.25) is 0 Å². The summed E-state index contributed by atoms with van der Waals surface area (Å²) in [6, 6.07) is 0. The van der Waals surface area contributed by atoms with Gasteiger partial charge >= 0.3 is 0 Å². The average molecular weight is 169 g/mol. The highest BCUT2D eigenvalue weighted by Gasteiger charge is 1.95. The summed E-state index contributed by atoms with van der Waals surface area (Å²) >= 11 is 0. The molecular formula is C4H9BrO2. The van der Waals surface area contributed by atoms with Crippen LogP contribution in [0.25, 0.3) is 0 Å². The van der Waals surface area contributed by atoms with Crippen molar-refractivity contribution in [3.8, 4) is 0 Å². The zero-order chi connectivity index (χ0) is 4.24. The zero-order valence-electron chi connectivity index (χ0n) is 4.05. The molecule has 1 fully saturated rings. The summed E-state index contributed by atoms with van der Waals surface area (Å²) in [6.07, 6.45) is 2.31. The van der Waals surface area contributed by atoms with E-state index in [0.29, 0.717) is 0 Å². The van der Waals surface area contributed by atoms with E-state index in [1.54, 1.807) is 0 Å². The number of hydrogen-bond acceptors (Lipinski definition) is 2. The first-order valence-electron chi connectivity index (χ1n) is 2.24. The molecule has 0 spiro atoms. The van der Waals surface area contributed by atoms with E-state index in [-0.39, 0.29) is 17.0 Å². The molecule has 7 heavy (non-hydrogen) atoms. The van der Waals surface area contributed by atoms with Gasteiger partial charge in [-0.1, -0.05) is 0 Å². The average Bonchev–Trinajstić information content (AvgIpc) is 1.72. The highest BCUT2D eigenvalue weighted by Crippen LogP contribution is 1.97. The fourth-order valence-electron chi connectivity index (χ4n) is 0.440. The molecule has 1 saturated heterocycles. The number of halogens is 1. The molecule has 1 aliphatic rings. The Morgan fingerprint density at radius 3 is 1.43 bits per heavy atom. The zero-order valence-corrected chi connectivity index (χ0v) is 5.77. The largest absolute Gasteiger partial charge is 0.237 e. The van der Waals surface area contributed by atoms with Crippen molar-refractivity contribution in [2.24, 2.45) is 0 Å². The monoisotopic (exact) mass is 168 g/mol. The molecule has 0 aromatic carbocycles. The Kier molecular flexibility index (Phi) is 4.82. The molecule has 0 amide bonds. The summed E-state index contributed by atoms with van der Waals surface area (Å²) in [5.41, 5.74) is 0. The lowest BCUT2D eigenvalue weighted by molar-refractivity contribution is -0.312. The van der Waals surface area contributed by atoms with Gasteiger partial charge in [0.05, 0.1) is 13.2 Å². The van der Waals surface area contributed by atoms with E-state index in [4.69, 9.17) is 0 Å². The molecule has 1 heterocycles. The fraction of sp³-hybridized carbons (Fsp3) is 1.00. The van der Waals surface area contributed by atoms with E-state index in [1.807, 2.05) is 0 Å². The van der Waals surface area contributed by atoms with Crippen molar-refractivity contribution in [2.45, 2.75) is 12.8 Å². The van der Waals surface area contributed by atoms with Crippen molar-refractivity contribution in [3.63, 3.8) is 0 Å². The van der Waals surface area contributed by atoms with Crippen LogP contribution in [0.1, 0.15) is 12.8 Å². The van der Waals surface area contributed by atoms with Crippen LogP contribution in [0, 0.1) is 0 Å². The molecule has 1 rings (SSSR count). The van der Waals surface area contributed by atoms with Gasteiger partial charge in [-0.05, 0) is 12.8 Å². The predicted molar refractivity (Wildman–Crippen MR) is 31.5 cm³/mol. The van der Waals surface area contributed by atoms with E-state index in [0.717, 1.165) is 26.1 Å². The van der Waals surface area contributed by atoms with Gasteiger partial charge in [0.2, 0.25) is 0 Å². The van der Waals surface area contributed by atoms with Gasteiger partial charge in [-0.3, -0.25) is 0 Å². The minimum Gasteiger partial charge on any atom is -0.237 e. The van der Waals surface area contributed by atoms with Gasteiger partial charge in [0.25, 0.3) is 0 Å². The minimum absolute atomic E-state index is 0. The predicted octanol–water partition coefficient (Wildman–Crippen LogP) is 1.31. The number of rotatable bonds is 0. The van der Waals surface area contributed by atoms with Gasteiger partial charge in [-0.25, -0.2) is 9.78 Å². The van der Waals surface area contributed by atoms with Gasteiger partial charge in [-0.2, -0.15) is 0 Å². The van der Waals surface area contributed by atoms with Crippen molar-refractivity contribution in [1.29, 1.82) is 0 Å². The molecule has 0 aliphatic carbocycles. The summed E-state index contributed by atoms with van der Waals surface area (Å²) in [6.45, 7) is 1.56. The van der Waals surface area contributed by atoms with Crippen LogP contribution >= 0.6 is 17.0 Å². The van der Waals surface area contributed by atoms with E-state index in [1.165, 1.54) is 0 Å². The molecule has 0 saturated carbocycles. The minimum atomic E-state index is 0. The maximum atomic E-state index is 4.57. The lowest BCUT2D eigenvalue weighted by Gasteiger charge is -2.07. The highest BCUT2D eigenvalue weighted by molar-refractivity contribution is 8.93. The van der Waals surface area contributed by atoms with Crippen molar-refractivity contribution in [3.05, 3.63) is 0 Å². The summed E-state index contributed by atoms with van der Waals surface area (Å²) in [5.74, 6) is 0. The van der Waals surface area contributed by atoms with Crippen molar-refractivity contribution < 1.29 is 9.78 Å². The van der Waals surface area contributed by atoms with E-state index >= 15 is 0 Å². The number of hydrogen-bond donors (Lipinski definition) is 0. The van der Waals surface area contributed by atoms with Crippen molar-refractivity contribution in [2.75, 3.05) is 13.2 Å². The Morgan fingerprint density at radius 1 is 0.857 bits per heavy atom. The quantitative estimate of drug-likeness (QED) is 0.509. The van der Waals surface area contributed by atoms with Gasteiger partial charge in [0.15, 0.2) is 0 Å². The van der Waals surface area contributed by atoms with Gasteiger partial charge in [-0.15, -0.1) is 17.0 Å². The lowest BCUT2D eigenvalue weighted by atomic mass is 10.3. The summed E-state index contributed by atoms with van der Waals surface area (Å²) in [7, 11) is 0. The van der Waals surface area contributed by atoms with Crippen molar-refractivity contribution >= 4 is 17.0 Å². The maximum Gasteiger partial charge on any atom is 0.0823 e. The van der Waals surface area contributed by atoms with Crippen LogP contribution in [-0.2, 0) is 9.78 Å². The topological polar surface area (TPSA) is 18.5 Å². The fourth-order valence-corrected chi connectivity index (χ4v) is 0.440. The third-order valence-corrected chi connectivity index (χ3v) is 0.789. The smallest absolute Gasteiger partial charge is 0.0823 e.